The number of fused-ring (bicyclic) bond motifs is 6. The molecule has 0 radical (unpaired) electrons. The van der Waals surface area contributed by atoms with Crippen LogP contribution in [-0.2, 0) is 5.41 Å². The van der Waals surface area contributed by atoms with Crippen molar-refractivity contribution in [1.82, 2.24) is 9.61 Å². The van der Waals surface area contributed by atoms with Gasteiger partial charge in [-0.1, -0.05) is 226 Å². The second kappa shape index (κ2) is 15.5. The van der Waals surface area contributed by atoms with Gasteiger partial charge in [0.2, 0.25) is 0 Å². The summed E-state index contributed by atoms with van der Waals surface area (Å²) in [6, 6.07) is 85.7. The van der Waals surface area contributed by atoms with Gasteiger partial charge in [0.25, 0.3) is 0 Å². The normalized spacial score (nSPS) is 12.6. The minimum absolute atomic E-state index is 0.186. The van der Waals surface area contributed by atoms with E-state index in [1.54, 1.807) is 0 Å². The van der Waals surface area contributed by atoms with Crippen molar-refractivity contribution >= 4 is 33.4 Å². The lowest BCUT2D eigenvalue weighted by Gasteiger charge is -2.31. The molecule has 0 atom stereocenters. The molecule has 308 valence electrons. The Hall–Kier alpha value is -8.27. The summed E-state index contributed by atoms with van der Waals surface area (Å²) in [6.07, 6.45) is 0. The van der Waals surface area contributed by atoms with Gasteiger partial charge in [0.05, 0.1) is 16.9 Å². The molecule has 12 rings (SSSR count). The highest BCUT2D eigenvalue weighted by Crippen LogP contribution is 2.53. The Balaban J connectivity index is 1.14. The third-order valence-electron chi connectivity index (χ3n) is 13.4. The van der Waals surface area contributed by atoms with Gasteiger partial charge in [-0.25, -0.2) is 4.52 Å². The predicted molar refractivity (Wildman–Crippen MR) is 272 cm³/mol. The number of rotatable bonds is 8. The molecule has 1 aliphatic carbocycles. The maximum atomic E-state index is 5.70. The molecule has 11 aromatic rings. The molecule has 0 unspecified atom stereocenters. The van der Waals surface area contributed by atoms with Crippen molar-refractivity contribution in [2.75, 3.05) is 4.90 Å². The molecule has 2 aromatic heterocycles. The molecule has 0 saturated heterocycles. The molecule has 0 bridgehead atoms. The molecule has 0 aliphatic heterocycles. The molecule has 0 N–H and O–H groups in total. The largest absolute Gasteiger partial charge is 0.308 e. The maximum absolute atomic E-state index is 5.70. The summed E-state index contributed by atoms with van der Waals surface area (Å²) < 4.78 is 2.24. The molecule has 0 saturated carbocycles. The Morgan fingerprint density at radius 3 is 1.48 bits per heavy atom. The third-order valence-corrected chi connectivity index (χ3v) is 13.4. The van der Waals surface area contributed by atoms with Crippen molar-refractivity contribution in [3.8, 4) is 67.0 Å². The molecular formula is C62H45N3. The number of nitrogens with zero attached hydrogens (tertiary/aromatic N) is 3. The van der Waals surface area contributed by atoms with Crippen molar-refractivity contribution in [2.45, 2.75) is 19.3 Å². The van der Waals surface area contributed by atoms with E-state index in [-0.39, 0.29) is 5.41 Å². The van der Waals surface area contributed by atoms with E-state index in [4.69, 9.17) is 5.10 Å². The summed E-state index contributed by atoms with van der Waals surface area (Å²) in [4.78, 5) is 2.48. The van der Waals surface area contributed by atoms with Crippen LogP contribution in [0.4, 0.5) is 17.1 Å². The number of benzene rings is 9. The van der Waals surface area contributed by atoms with Crippen LogP contribution < -0.4 is 4.90 Å². The molecular weight excluding hydrogens is 787 g/mol. The van der Waals surface area contributed by atoms with Crippen LogP contribution in [0.3, 0.4) is 0 Å². The van der Waals surface area contributed by atoms with E-state index in [9.17, 15) is 0 Å². The SMILES string of the molecule is CC1(C)c2ccccc2-c2ccc(N(c3ccc(-c4ccc(-c5ccccc5)cc4)cc3)c3c(-c4ccccc4)n4nc(-c5ccccc5)c(-c5ccccc5)c4c4ccccc34)cc21. The highest BCUT2D eigenvalue weighted by molar-refractivity contribution is 6.16. The van der Waals surface area contributed by atoms with Gasteiger partial charge >= 0.3 is 0 Å². The lowest BCUT2D eigenvalue weighted by atomic mass is 9.82. The topological polar surface area (TPSA) is 20.5 Å². The molecule has 0 amide bonds. The van der Waals surface area contributed by atoms with Gasteiger partial charge < -0.3 is 4.90 Å². The molecule has 1 aliphatic rings. The highest BCUT2D eigenvalue weighted by Gasteiger charge is 2.36. The molecule has 3 heteroatoms. The third kappa shape index (κ3) is 6.39. The van der Waals surface area contributed by atoms with Gasteiger partial charge in [0, 0.05) is 44.3 Å². The second-order valence-corrected chi connectivity index (χ2v) is 17.6. The summed E-state index contributed by atoms with van der Waals surface area (Å²) in [5, 5.41) is 7.96. The fourth-order valence-corrected chi connectivity index (χ4v) is 10.2. The summed E-state index contributed by atoms with van der Waals surface area (Å²) in [6.45, 7) is 4.72. The summed E-state index contributed by atoms with van der Waals surface area (Å²) in [5.41, 5.74) is 20.5. The van der Waals surface area contributed by atoms with E-state index >= 15 is 0 Å². The number of hydrogen-bond acceptors (Lipinski definition) is 2. The predicted octanol–water partition coefficient (Wildman–Crippen LogP) is 16.6. The standard InChI is InChI=1S/C62H45N3/c1-62(2)55-30-18-17-27-51(55)52-40-39-50(41-56(52)62)64(49-37-35-45(36-38-49)44-33-31-43(32-34-44)42-19-7-3-8-20-42)61-54-29-16-15-28-53(54)60-57(46-21-9-4-10-22-46)58(47-23-11-5-12-24-47)63-65(60)59(61)48-25-13-6-14-26-48/h3-41H,1-2H3. The number of pyridine rings is 1. The minimum atomic E-state index is -0.186. The first-order valence-corrected chi connectivity index (χ1v) is 22.5. The Bertz CT molecular complexity index is 3520. The van der Waals surface area contributed by atoms with Crippen molar-refractivity contribution in [1.29, 1.82) is 0 Å². The Labute approximate surface area is 380 Å². The highest BCUT2D eigenvalue weighted by atomic mass is 15.3. The van der Waals surface area contributed by atoms with Crippen LogP contribution in [0.2, 0.25) is 0 Å². The van der Waals surface area contributed by atoms with Crippen LogP contribution in [0.5, 0.6) is 0 Å². The average Bonchev–Trinajstić information content (AvgIpc) is 3.88. The quantitative estimate of drug-likeness (QED) is 0.152. The van der Waals surface area contributed by atoms with Crippen molar-refractivity contribution in [2.24, 2.45) is 0 Å². The molecule has 2 heterocycles. The van der Waals surface area contributed by atoms with Gasteiger partial charge in [-0.05, 0) is 74.3 Å². The van der Waals surface area contributed by atoms with E-state index in [1.807, 2.05) is 0 Å². The maximum Gasteiger partial charge on any atom is 0.101 e. The van der Waals surface area contributed by atoms with Crippen molar-refractivity contribution in [3.05, 3.63) is 248 Å². The van der Waals surface area contributed by atoms with E-state index in [0.717, 1.165) is 72.6 Å². The van der Waals surface area contributed by atoms with E-state index in [1.165, 1.54) is 38.9 Å². The average molecular weight is 832 g/mol. The van der Waals surface area contributed by atoms with Crippen LogP contribution in [-0.4, -0.2) is 9.61 Å². The number of hydrogen-bond donors (Lipinski definition) is 0. The fraction of sp³-hybridized carbons (Fsp3) is 0.0484. The Morgan fingerprint density at radius 2 is 0.846 bits per heavy atom. The van der Waals surface area contributed by atoms with Crippen LogP contribution in [0.25, 0.3) is 83.3 Å². The molecule has 65 heavy (non-hydrogen) atoms. The first-order valence-electron chi connectivity index (χ1n) is 22.5. The van der Waals surface area contributed by atoms with E-state index in [0.29, 0.717) is 0 Å². The zero-order valence-electron chi connectivity index (χ0n) is 36.4. The van der Waals surface area contributed by atoms with Crippen LogP contribution in [0.15, 0.2) is 237 Å². The van der Waals surface area contributed by atoms with Crippen molar-refractivity contribution in [3.63, 3.8) is 0 Å². The van der Waals surface area contributed by atoms with E-state index < -0.39 is 0 Å². The number of anilines is 3. The number of aromatic nitrogens is 2. The lowest BCUT2D eigenvalue weighted by molar-refractivity contribution is 0.660. The smallest absolute Gasteiger partial charge is 0.101 e. The molecule has 9 aromatic carbocycles. The monoisotopic (exact) mass is 831 g/mol. The summed E-state index contributed by atoms with van der Waals surface area (Å²) >= 11 is 0. The van der Waals surface area contributed by atoms with Gasteiger partial charge in [-0.15, -0.1) is 0 Å². The zero-order valence-corrected chi connectivity index (χ0v) is 36.4. The Morgan fingerprint density at radius 1 is 0.385 bits per heavy atom. The van der Waals surface area contributed by atoms with Gasteiger partial charge in [0.15, 0.2) is 0 Å². The minimum Gasteiger partial charge on any atom is -0.308 e. The molecule has 0 spiro atoms. The van der Waals surface area contributed by atoms with Gasteiger partial charge in [-0.3, -0.25) is 0 Å². The first kappa shape index (κ1) is 38.4. The first-order chi connectivity index (χ1) is 32.0. The second-order valence-electron chi connectivity index (χ2n) is 17.6. The van der Waals surface area contributed by atoms with Crippen LogP contribution >= 0.6 is 0 Å². The van der Waals surface area contributed by atoms with Crippen LogP contribution in [0, 0.1) is 0 Å². The molecule has 0 fully saturated rings. The van der Waals surface area contributed by atoms with Gasteiger partial charge in [0.1, 0.15) is 5.69 Å². The Kier molecular flexibility index (Phi) is 9.17. The summed E-state index contributed by atoms with van der Waals surface area (Å²) in [5.74, 6) is 0. The zero-order chi connectivity index (χ0) is 43.5. The van der Waals surface area contributed by atoms with E-state index in [2.05, 4.69) is 260 Å². The van der Waals surface area contributed by atoms with Gasteiger partial charge in [-0.2, -0.15) is 5.10 Å². The molecule has 3 nitrogen and oxygen atoms in total. The lowest BCUT2D eigenvalue weighted by Crippen LogP contribution is -2.17. The fourth-order valence-electron chi connectivity index (χ4n) is 10.2. The van der Waals surface area contributed by atoms with Crippen molar-refractivity contribution < 1.29 is 0 Å². The van der Waals surface area contributed by atoms with Crippen LogP contribution in [0.1, 0.15) is 25.0 Å². The summed E-state index contributed by atoms with van der Waals surface area (Å²) in [7, 11) is 0.